The molecule has 0 aliphatic carbocycles. The fraction of sp³-hybridized carbons (Fsp3) is 0.370. The monoisotopic (exact) mass is 483 g/mol. The molecule has 9 nitrogen and oxygen atoms in total. The maximum atomic E-state index is 10.7. The molecule has 184 valence electrons. The minimum atomic E-state index is -0.0349. The lowest BCUT2D eigenvalue weighted by atomic mass is 9.81. The van der Waals surface area contributed by atoms with Gasteiger partial charge >= 0.3 is 0 Å². The fourth-order valence-electron chi connectivity index (χ4n) is 5.31. The zero-order valence-corrected chi connectivity index (χ0v) is 21.1. The number of hydrogen-bond donors (Lipinski definition) is 2. The molecule has 0 amide bonds. The molecule has 9 heteroatoms. The summed E-state index contributed by atoms with van der Waals surface area (Å²) in [6, 6.07) is 11.0. The number of aromatic hydroxyl groups is 1. The van der Waals surface area contributed by atoms with Crippen LogP contribution in [0.2, 0.25) is 0 Å². The first kappa shape index (κ1) is 23.7. The Morgan fingerprint density at radius 2 is 1.83 bits per heavy atom. The molecular weight excluding hydrogens is 454 g/mol. The highest BCUT2D eigenvalue weighted by molar-refractivity contribution is 5.89. The number of aromatic nitrogens is 5. The Labute approximate surface area is 209 Å². The van der Waals surface area contributed by atoms with Crippen molar-refractivity contribution in [3.05, 3.63) is 48.3 Å². The zero-order chi connectivity index (χ0) is 25.7. The average molecular weight is 484 g/mol. The van der Waals surface area contributed by atoms with E-state index < -0.39 is 0 Å². The van der Waals surface area contributed by atoms with Crippen LogP contribution in [0, 0.1) is 11.3 Å². The Hall–Kier alpha value is -4.03. The van der Waals surface area contributed by atoms with Crippen LogP contribution in [0.1, 0.15) is 46.1 Å². The standard InChI is InChI=1S/C27H29N7O2/c1-26(2)11-20(12-27(3,4)33-26)36-23-7-6-21(30-31-23)25-22(35)10-18(14-29-25)16-8-17(13-28)24-19(9-16)15-34(5)32-24/h6-10,14-15,20,33,35H,11-12H2,1-5H3. The lowest BCUT2D eigenvalue weighted by Gasteiger charge is -2.46. The second-order valence-corrected chi connectivity index (χ2v) is 10.8. The van der Waals surface area contributed by atoms with E-state index in [2.05, 4.69) is 59.4 Å². The molecule has 36 heavy (non-hydrogen) atoms. The van der Waals surface area contributed by atoms with Gasteiger partial charge in [0.25, 0.3) is 0 Å². The number of nitrogens with one attached hydrogen (secondary N) is 1. The van der Waals surface area contributed by atoms with E-state index in [1.165, 1.54) is 0 Å². The van der Waals surface area contributed by atoms with E-state index in [1.807, 2.05) is 19.3 Å². The molecule has 0 spiro atoms. The molecule has 0 unspecified atom stereocenters. The minimum Gasteiger partial charge on any atom is -0.506 e. The second-order valence-electron chi connectivity index (χ2n) is 10.8. The summed E-state index contributed by atoms with van der Waals surface area (Å²) in [7, 11) is 1.81. The Morgan fingerprint density at radius 1 is 1.08 bits per heavy atom. The predicted octanol–water partition coefficient (Wildman–Crippen LogP) is 4.36. The van der Waals surface area contributed by atoms with Crippen molar-refractivity contribution in [1.29, 1.82) is 5.26 Å². The molecule has 1 aliphatic heterocycles. The molecule has 0 atom stereocenters. The average Bonchev–Trinajstić information content (AvgIpc) is 3.17. The first-order valence-corrected chi connectivity index (χ1v) is 11.9. The zero-order valence-electron chi connectivity index (χ0n) is 21.1. The van der Waals surface area contributed by atoms with E-state index in [9.17, 15) is 10.4 Å². The highest BCUT2D eigenvalue weighted by Crippen LogP contribution is 2.34. The van der Waals surface area contributed by atoms with Crippen molar-refractivity contribution in [2.45, 2.75) is 57.7 Å². The number of fused-ring (bicyclic) bond motifs is 1. The van der Waals surface area contributed by atoms with E-state index >= 15 is 0 Å². The van der Waals surface area contributed by atoms with Gasteiger partial charge in [-0.15, -0.1) is 10.2 Å². The summed E-state index contributed by atoms with van der Waals surface area (Å²) in [5, 5.41) is 37.6. The molecule has 0 bridgehead atoms. The minimum absolute atomic E-state index is 0.0256. The van der Waals surface area contributed by atoms with E-state index in [4.69, 9.17) is 4.74 Å². The van der Waals surface area contributed by atoms with Crippen molar-refractivity contribution in [2.75, 3.05) is 0 Å². The van der Waals surface area contributed by atoms with Crippen LogP contribution in [0.25, 0.3) is 33.4 Å². The molecule has 3 aromatic heterocycles. The van der Waals surface area contributed by atoms with Gasteiger partial charge in [0.15, 0.2) is 0 Å². The first-order valence-electron chi connectivity index (χ1n) is 11.9. The summed E-state index contributed by atoms with van der Waals surface area (Å²) in [5.41, 5.74) is 3.26. The summed E-state index contributed by atoms with van der Waals surface area (Å²) in [4.78, 5) is 4.44. The number of hydrogen-bond acceptors (Lipinski definition) is 8. The van der Waals surface area contributed by atoms with Crippen LogP contribution < -0.4 is 10.1 Å². The molecule has 1 saturated heterocycles. The molecule has 1 fully saturated rings. The smallest absolute Gasteiger partial charge is 0.233 e. The molecule has 4 heterocycles. The summed E-state index contributed by atoms with van der Waals surface area (Å²) in [5.74, 6) is 0.421. The maximum absolute atomic E-state index is 10.7. The second kappa shape index (κ2) is 8.57. The lowest BCUT2D eigenvalue weighted by molar-refractivity contribution is 0.0524. The molecule has 0 radical (unpaired) electrons. The summed E-state index contributed by atoms with van der Waals surface area (Å²) in [6.07, 6.45) is 5.26. The van der Waals surface area contributed by atoms with Crippen molar-refractivity contribution in [1.82, 2.24) is 30.3 Å². The molecule has 4 aromatic rings. The van der Waals surface area contributed by atoms with Gasteiger partial charge in [-0.05, 0) is 57.5 Å². The van der Waals surface area contributed by atoms with Crippen LogP contribution in [-0.2, 0) is 7.05 Å². The number of nitrogens with zero attached hydrogens (tertiary/aromatic N) is 6. The Kier molecular flexibility index (Phi) is 5.64. The number of aryl methyl sites for hydroxylation is 1. The third-order valence-corrected chi connectivity index (χ3v) is 6.37. The quantitative estimate of drug-likeness (QED) is 0.439. The topological polar surface area (TPSA) is 122 Å². The summed E-state index contributed by atoms with van der Waals surface area (Å²) < 4.78 is 7.83. The lowest BCUT2D eigenvalue weighted by Crippen LogP contribution is -2.60. The van der Waals surface area contributed by atoms with Gasteiger partial charge < -0.3 is 15.2 Å². The van der Waals surface area contributed by atoms with Crippen molar-refractivity contribution in [2.24, 2.45) is 7.05 Å². The van der Waals surface area contributed by atoms with Crippen LogP contribution in [-0.4, -0.2) is 47.3 Å². The van der Waals surface area contributed by atoms with Crippen LogP contribution in [0.5, 0.6) is 11.6 Å². The number of benzene rings is 1. The molecular formula is C27H29N7O2. The van der Waals surface area contributed by atoms with Gasteiger partial charge in [-0.2, -0.15) is 10.4 Å². The highest BCUT2D eigenvalue weighted by Gasteiger charge is 2.38. The summed E-state index contributed by atoms with van der Waals surface area (Å²) in [6.45, 7) is 8.69. The van der Waals surface area contributed by atoms with Crippen LogP contribution in [0.3, 0.4) is 0 Å². The molecule has 0 saturated carbocycles. The van der Waals surface area contributed by atoms with Crippen LogP contribution in [0.15, 0.2) is 42.7 Å². The largest absolute Gasteiger partial charge is 0.506 e. The molecule has 1 aromatic carbocycles. The van der Waals surface area contributed by atoms with Gasteiger partial charge in [-0.3, -0.25) is 4.68 Å². The Balaban J connectivity index is 1.37. The fourth-order valence-corrected chi connectivity index (χ4v) is 5.31. The van der Waals surface area contributed by atoms with E-state index in [0.717, 1.165) is 23.8 Å². The van der Waals surface area contributed by atoms with Gasteiger partial charge in [0.05, 0.1) is 5.56 Å². The van der Waals surface area contributed by atoms with Crippen molar-refractivity contribution < 1.29 is 9.84 Å². The third-order valence-electron chi connectivity index (χ3n) is 6.37. The predicted molar refractivity (Wildman–Crippen MR) is 136 cm³/mol. The van der Waals surface area contributed by atoms with E-state index in [-0.39, 0.29) is 22.9 Å². The van der Waals surface area contributed by atoms with Gasteiger partial charge in [-0.25, -0.2) is 4.98 Å². The number of pyridine rings is 1. The Bertz CT molecular complexity index is 1470. The molecule has 2 N–H and O–H groups in total. The van der Waals surface area contributed by atoms with Crippen molar-refractivity contribution in [3.8, 4) is 40.2 Å². The van der Waals surface area contributed by atoms with Gasteiger partial charge in [0, 0.05) is 60.4 Å². The molecule has 1 aliphatic rings. The van der Waals surface area contributed by atoms with Gasteiger partial charge in [0.2, 0.25) is 5.88 Å². The first-order chi connectivity index (χ1) is 17.0. The van der Waals surface area contributed by atoms with E-state index in [0.29, 0.717) is 33.9 Å². The molecule has 5 rings (SSSR count). The highest BCUT2D eigenvalue weighted by atomic mass is 16.5. The van der Waals surface area contributed by atoms with E-state index in [1.54, 1.807) is 35.1 Å². The van der Waals surface area contributed by atoms with Crippen molar-refractivity contribution >= 4 is 10.9 Å². The van der Waals surface area contributed by atoms with Crippen LogP contribution in [0.4, 0.5) is 0 Å². The maximum Gasteiger partial charge on any atom is 0.233 e. The van der Waals surface area contributed by atoms with Crippen molar-refractivity contribution in [3.63, 3.8) is 0 Å². The number of ether oxygens (including phenoxy) is 1. The summed E-state index contributed by atoms with van der Waals surface area (Å²) >= 11 is 0. The van der Waals surface area contributed by atoms with Gasteiger partial charge in [-0.1, -0.05) is 0 Å². The van der Waals surface area contributed by atoms with Gasteiger partial charge in [0.1, 0.15) is 34.8 Å². The number of nitriles is 1. The Morgan fingerprint density at radius 3 is 2.47 bits per heavy atom. The normalized spacial score (nSPS) is 17.1. The number of rotatable bonds is 4. The third kappa shape index (κ3) is 4.72. The number of piperidine rings is 1. The SMILES string of the molecule is Cn1cc2cc(-c3cnc(-c4ccc(OC5CC(C)(C)NC(C)(C)C5)nn4)c(O)c3)cc(C#N)c2n1. The van der Waals surface area contributed by atoms with Crippen LogP contribution >= 0.6 is 0 Å².